The molecule has 1 aliphatic carbocycles. The molecule has 0 amide bonds. The SMILES string of the molecule is CO[C@@]1(C)C[C@H]1Nc1nnc(CN)o1. The van der Waals surface area contributed by atoms with E-state index in [0.29, 0.717) is 11.9 Å². The van der Waals surface area contributed by atoms with Gasteiger partial charge >= 0.3 is 6.01 Å². The fraction of sp³-hybridized carbons (Fsp3) is 0.750. The summed E-state index contributed by atoms with van der Waals surface area (Å²) < 4.78 is 10.5. The lowest BCUT2D eigenvalue weighted by atomic mass is 10.4. The quantitative estimate of drug-likeness (QED) is 0.714. The molecule has 3 N–H and O–H groups in total. The Morgan fingerprint density at radius 3 is 3.00 bits per heavy atom. The molecule has 1 aromatic rings. The first kappa shape index (κ1) is 9.42. The molecule has 1 aliphatic rings. The molecule has 0 bridgehead atoms. The number of nitrogens with two attached hydrogens (primary N) is 1. The summed E-state index contributed by atoms with van der Waals surface area (Å²) in [7, 11) is 1.70. The predicted molar refractivity (Wildman–Crippen MR) is 49.6 cm³/mol. The number of ether oxygens (including phenoxy) is 1. The third-order valence-corrected chi connectivity index (χ3v) is 2.59. The highest BCUT2D eigenvalue weighted by atomic mass is 16.5. The Hall–Kier alpha value is -1.14. The molecule has 0 unspecified atom stereocenters. The summed E-state index contributed by atoms with van der Waals surface area (Å²) in [6, 6.07) is 0.662. The number of nitrogens with one attached hydrogen (secondary N) is 1. The van der Waals surface area contributed by atoms with Crippen LogP contribution in [-0.2, 0) is 11.3 Å². The molecule has 14 heavy (non-hydrogen) atoms. The van der Waals surface area contributed by atoms with Gasteiger partial charge in [-0.25, -0.2) is 0 Å². The summed E-state index contributed by atoms with van der Waals surface area (Å²) in [5.41, 5.74) is 5.24. The maximum absolute atomic E-state index is 5.34. The van der Waals surface area contributed by atoms with Crippen molar-refractivity contribution in [3.63, 3.8) is 0 Å². The van der Waals surface area contributed by atoms with E-state index in [9.17, 15) is 0 Å². The van der Waals surface area contributed by atoms with Crippen LogP contribution in [0.1, 0.15) is 19.2 Å². The molecule has 0 aliphatic heterocycles. The number of hydrogen-bond donors (Lipinski definition) is 2. The predicted octanol–water partition coefficient (Wildman–Crippen LogP) is 0.118. The number of methoxy groups -OCH3 is 1. The van der Waals surface area contributed by atoms with Crippen molar-refractivity contribution in [2.45, 2.75) is 31.5 Å². The minimum absolute atomic E-state index is 0.0999. The summed E-state index contributed by atoms with van der Waals surface area (Å²) >= 11 is 0. The summed E-state index contributed by atoms with van der Waals surface area (Å²) in [5.74, 6) is 0.437. The zero-order valence-electron chi connectivity index (χ0n) is 8.28. The van der Waals surface area contributed by atoms with E-state index in [1.54, 1.807) is 7.11 Å². The minimum Gasteiger partial charge on any atom is -0.407 e. The van der Waals surface area contributed by atoms with E-state index in [-0.39, 0.29) is 18.2 Å². The van der Waals surface area contributed by atoms with Crippen LogP contribution in [0.3, 0.4) is 0 Å². The van der Waals surface area contributed by atoms with Gasteiger partial charge in [-0.05, 0) is 6.92 Å². The molecular weight excluding hydrogens is 184 g/mol. The van der Waals surface area contributed by atoms with Crippen LogP contribution in [0.25, 0.3) is 0 Å². The highest BCUT2D eigenvalue weighted by Crippen LogP contribution is 2.40. The van der Waals surface area contributed by atoms with Crippen molar-refractivity contribution in [3.8, 4) is 0 Å². The Kier molecular flexibility index (Phi) is 2.16. The van der Waals surface area contributed by atoms with Crippen LogP contribution in [0.5, 0.6) is 0 Å². The Bertz CT molecular complexity index is 327. The second-order valence-corrected chi connectivity index (χ2v) is 3.62. The highest BCUT2D eigenvalue weighted by Gasteiger charge is 2.51. The first-order valence-corrected chi connectivity index (χ1v) is 4.52. The van der Waals surface area contributed by atoms with E-state index in [4.69, 9.17) is 14.9 Å². The number of rotatable bonds is 4. The Morgan fingerprint density at radius 2 is 2.50 bits per heavy atom. The molecule has 2 rings (SSSR count). The molecule has 1 fully saturated rings. The van der Waals surface area contributed by atoms with Gasteiger partial charge in [0.2, 0.25) is 5.89 Å². The van der Waals surface area contributed by atoms with Crippen molar-refractivity contribution in [3.05, 3.63) is 5.89 Å². The van der Waals surface area contributed by atoms with Gasteiger partial charge < -0.3 is 20.2 Å². The molecule has 1 aromatic heterocycles. The van der Waals surface area contributed by atoms with Crippen molar-refractivity contribution in [1.29, 1.82) is 0 Å². The molecule has 1 saturated carbocycles. The third kappa shape index (κ3) is 1.58. The van der Waals surface area contributed by atoms with Crippen LogP contribution in [0.4, 0.5) is 6.01 Å². The van der Waals surface area contributed by atoms with E-state index in [1.165, 1.54) is 0 Å². The van der Waals surface area contributed by atoms with Crippen molar-refractivity contribution in [1.82, 2.24) is 10.2 Å². The minimum atomic E-state index is -0.0999. The Labute approximate surface area is 81.8 Å². The second-order valence-electron chi connectivity index (χ2n) is 3.62. The molecule has 0 radical (unpaired) electrons. The normalized spacial score (nSPS) is 30.4. The molecule has 6 nitrogen and oxygen atoms in total. The van der Waals surface area contributed by atoms with Gasteiger partial charge in [0.15, 0.2) is 0 Å². The average Bonchev–Trinajstić information content (AvgIpc) is 2.64. The number of hydrogen-bond acceptors (Lipinski definition) is 6. The monoisotopic (exact) mass is 198 g/mol. The van der Waals surface area contributed by atoms with Gasteiger partial charge in [-0.15, -0.1) is 5.10 Å². The molecule has 2 atom stereocenters. The van der Waals surface area contributed by atoms with Crippen LogP contribution < -0.4 is 11.1 Å². The van der Waals surface area contributed by atoms with Crippen LogP contribution in [0, 0.1) is 0 Å². The van der Waals surface area contributed by atoms with Crippen molar-refractivity contribution in [2.24, 2.45) is 5.73 Å². The van der Waals surface area contributed by atoms with Crippen LogP contribution in [-0.4, -0.2) is 29.0 Å². The van der Waals surface area contributed by atoms with Crippen molar-refractivity contribution >= 4 is 6.01 Å². The number of aromatic nitrogens is 2. The molecule has 0 aromatic carbocycles. The summed E-state index contributed by atoms with van der Waals surface area (Å²) in [6.07, 6.45) is 0.948. The largest absolute Gasteiger partial charge is 0.407 e. The van der Waals surface area contributed by atoms with Crippen molar-refractivity contribution in [2.75, 3.05) is 12.4 Å². The topological polar surface area (TPSA) is 86.2 Å². The maximum Gasteiger partial charge on any atom is 0.315 e. The lowest BCUT2D eigenvalue weighted by Gasteiger charge is -2.07. The molecule has 0 spiro atoms. The second kappa shape index (κ2) is 3.21. The van der Waals surface area contributed by atoms with Gasteiger partial charge in [0.25, 0.3) is 0 Å². The number of nitrogens with zero attached hydrogens (tertiary/aromatic N) is 2. The Balaban J connectivity index is 1.93. The van der Waals surface area contributed by atoms with Gasteiger partial charge in [0.1, 0.15) is 0 Å². The van der Waals surface area contributed by atoms with Gasteiger partial charge in [0, 0.05) is 13.5 Å². The number of anilines is 1. The highest BCUT2D eigenvalue weighted by molar-refractivity contribution is 5.29. The zero-order chi connectivity index (χ0) is 10.2. The van der Waals surface area contributed by atoms with Crippen LogP contribution >= 0.6 is 0 Å². The van der Waals surface area contributed by atoms with E-state index in [2.05, 4.69) is 15.5 Å². The van der Waals surface area contributed by atoms with Gasteiger partial charge in [-0.2, -0.15) is 0 Å². The standard InChI is InChI=1S/C8H14N4O2/c1-8(13-2)3-5(8)10-7-12-11-6(4-9)14-7/h5H,3-4,9H2,1-2H3,(H,10,12)/t5-,8+/m1/s1. The van der Waals surface area contributed by atoms with Gasteiger partial charge in [-0.3, -0.25) is 0 Å². The Morgan fingerprint density at radius 1 is 1.71 bits per heavy atom. The summed E-state index contributed by atoms with van der Waals surface area (Å²) in [6.45, 7) is 2.30. The smallest absolute Gasteiger partial charge is 0.315 e. The zero-order valence-corrected chi connectivity index (χ0v) is 8.28. The molecule has 78 valence electrons. The third-order valence-electron chi connectivity index (χ3n) is 2.59. The van der Waals surface area contributed by atoms with Crippen LogP contribution in [0.15, 0.2) is 4.42 Å². The van der Waals surface area contributed by atoms with E-state index in [1.807, 2.05) is 6.92 Å². The molecule has 1 heterocycles. The summed E-state index contributed by atoms with van der Waals surface area (Å²) in [4.78, 5) is 0. The van der Waals surface area contributed by atoms with Gasteiger partial charge in [-0.1, -0.05) is 5.10 Å². The first-order valence-electron chi connectivity index (χ1n) is 4.52. The average molecular weight is 198 g/mol. The molecule has 0 saturated heterocycles. The first-order chi connectivity index (χ1) is 6.68. The lowest BCUT2D eigenvalue weighted by Crippen LogP contribution is -2.18. The van der Waals surface area contributed by atoms with E-state index in [0.717, 1.165) is 6.42 Å². The molecule has 6 heteroatoms. The summed E-state index contributed by atoms with van der Waals surface area (Å²) in [5, 5.41) is 10.6. The fourth-order valence-electron chi connectivity index (χ4n) is 1.32. The fourth-order valence-corrected chi connectivity index (χ4v) is 1.32. The van der Waals surface area contributed by atoms with E-state index >= 15 is 0 Å². The lowest BCUT2D eigenvalue weighted by molar-refractivity contribution is 0.0933. The van der Waals surface area contributed by atoms with Crippen molar-refractivity contribution < 1.29 is 9.15 Å². The van der Waals surface area contributed by atoms with Gasteiger partial charge in [0.05, 0.1) is 18.2 Å². The maximum atomic E-state index is 5.34. The van der Waals surface area contributed by atoms with Crippen LogP contribution in [0.2, 0.25) is 0 Å². The van der Waals surface area contributed by atoms with E-state index < -0.39 is 0 Å². The molecular formula is C8H14N4O2.